The highest BCUT2D eigenvalue weighted by atomic mass is 16.5. The van der Waals surface area contributed by atoms with Crippen molar-refractivity contribution in [3.8, 4) is 0 Å². The first-order valence-electron chi connectivity index (χ1n) is 6.24. The quantitative estimate of drug-likeness (QED) is 0.807. The minimum absolute atomic E-state index is 0.0242. The van der Waals surface area contributed by atoms with E-state index in [9.17, 15) is 4.79 Å². The Bertz CT molecular complexity index is 431. The van der Waals surface area contributed by atoms with E-state index in [2.05, 4.69) is 17.4 Å². The molecule has 0 radical (unpaired) electrons. The fourth-order valence-electron chi connectivity index (χ4n) is 3.09. The van der Waals surface area contributed by atoms with Crippen LogP contribution in [0.4, 0.5) is 0 Å². The summed E-state index contributed by atoms with van der Waals surface area (Å²) in [4.78, 5) is 12.1. The van der Waals surface area contributed by atoms with Crippen LogP contribution >= 0.6 is 0 Å². The molecule has 1 saturated heterocycles. The summed E-state index contributed by atoms with van der Waals surface area (Å²) in [6.45, 7) is 3.26. The van der Waals surface area contributed by atoms with E-state index < -0.39 is 0 Å². The van der Waals surface area contributed by atoms with Gasteiger partial charge in [0.2, 0.25) is 0 Å². The summed E-state index contributed by atoms with van der Waals surface area (Å²) in [5.74, 6) is 0.440. The zero-order valence-electron chi connectivity index (χ0n) is 9.98. The van der Waals surface area contributed by atoms with Gasteiger partial charge in [0.15, 0.2) is 0 Å². The van der Waals surface area contributed by atoms with Gasteiger partial charge in [0.1, 0.15) is 0 Å². The number of ether oxygens (including phenoxy) is 1. The lowest BCUT2D eigenvalue weighted by atomic mass is 9.90. The van der Waals surface area contributed by atoms with Crippen LogP contribution in [-0.4, -0.2) is 19.1 Å². The zero-order chi connectivity index (χ0) is 11.9. The first kappa shape index (κ1) is 10.8. The second-order valence-electron chi connectivity index (χ2n) is 4.91. The van der Waals surface area contributed by atoms with E-state index in [1.807, 2.05) is 25.1 Å². The van der Waals surface area contributed by atoms with Gasteiger partial charge in [-0.2, -0.15) is 0 Å². The van der Waals surface area contributed by atoms with Gasteiger partial charge in [-0.3, -0.25) is 4.79 Å². The molecule has 0 unspecified atom stereocenters. The lowest BCUT2D eigenvalue weighted by Crippen LogP contribution is -2.30. The Morgan fingerprint density at radius 1 is 1.47 bits per heavy atom. The van der Waals surface area contributed by atoms with Crippen molar-refractivity contribution in [3.05, 3.63) is 35.9 Å². The molecule has 1 aliphatic heterocycles. The highest BCUT2D eigenvalue weighted by molar-refractivity contribution is 5.83. The predicted octanol–water partition coefficient (Wildman–Crippen LogP) is 1.90. The van der Waals surface area contributed by atoms with E-state index in [-0.39, 0.29) is 17.4 Å². The van der Waals surface area contributed by atoms with E-state index in [1.54, 1.807) is 0 Å². The lowest BCUT2D eigenvalue weighted by Gasteiger charge is -2.22. The molecule has 1 aromatic carbocycles. The average molecular weight is 231 g/mol. The highest BCUT2D eigenvalue weighted by Gasteiger charge is 2.69. The van der Waals surface area contributed by atoms with Crippen LogP contribution in [0.5, 0.6) is 0 Å². The van der Waals surface area contributed by atoms with Gasteiger partial charge in [0.25, 0.3) is 0 Å². The van der Waals surface area contributed by atoms with Crippen molar-refractivity contribution in [2.24, 2.45) is 11.3 Å². The average Bonchev–Trinajstić information content (AvgIpc) is 2.98. The second-order valence-corrected chi connectivity index (χ2v) is 4.91. The summed E-state index contributed by atoms with van der Waals surface area (Å²) in [7, 11) is 0. The molecule has 1 heterocycles. The summed E-state index contributed by atoms with van der Waals surface area (Å²) < 4.78 is 5.24. The Kier molecular flexibility index (Phi) is 2.44. The molecular weight excluding hydrogens is 214 g/mol. The van der Waals surface area contributed by atoms with Crippen LogP contribution in [0.25, 0.3) is 0 Å². The number of piperidine rings is 1. The molecule has 1 aliphatic carbocycles. The summed E-state index contributed by atoms with van der Waals surface area (Å²) in [5, 5.41) is 3.45. The van der Waals surface area contributed by atoms with Gasteiger partial charge in [-0.1, -0.05) is 30.3 Å². The number of rotatable bonds is 3. The molecule has 2 fully saturated rings. The summed E-state index contributed by atoms with van der Waals surface area (Å²) in [6.07, 6.45) is 0.971. The summed E-state index contributed by atoms with van der Waals surface area (Å²) in [6, 6.07) is 10.3. The molecule has 1 saturated carbocycles. The van der Waals surface area contributed by atoms with Crippen molar-refractivity contribution in [3.63, 3.8) is 0 Å². The maximum atomic E-state index is 12.1. The molecule has 3 atom stereocenters. The normalized spacial score (nSPS) is 34.2. The lowest BCUT2D eigenvalue weighted by molar-refractivity contribution is -0.150. The summed E-state index contributed by atoms with van der Waals surface area (Å²) in [5.41, 5.74) is 0.915. The zero-order valence-corrected chi connectivity index (χ0v) is 9.98. The number of carbonyl (C=O) groups excluding carboxylic acids is 1. The fourth-order valence-corrected chi connectivity index (χ4v) is 3.09. The Morgan fingerprint density at radius 3 is 2.88 bits per heavy atom. The van der Waals surface area contributed by atoms with Crippen LogP contribution in [0.2, 0.25) is 0 Å². The molecule has 3 rings (SSSR count). The molecule has 2 aliphatic rings. The molecule has 17 heavy (non-hydrogen) atoms. The van der Waals surface area contributed by atoms with Crippen molar-refractivity contribution >= 4 is 5.97 Å². The van der Waals surface area contributed by atoms with Crippen LogP contribution < -0.4 is 5.32 Å². The van der Waals surface area contributed by atoms with E-state index in [1.165, 1.54) is 5.56 Å². The third kappa shape index (κ3) is 1.49. The highest BCUT2D eigenvalue weighted by Crippen LogP contribution is 2.64. The van der Waals surface area contributed by atoms with Gasteiger partial charge >= 0.3 is 5.97 Å². The minimum Gasteiger partial charge on any atom is -0.466 e. The Morgan fingerprint density at radius 2 is 2.24 bits per heavy atom. The summed E-state index contributed by atoms with van der Waals surface area (Å²) >= 11 is 0. The molecule has 3 heteroatoms. The molecule has 3 nitrogen and oxygen atoms in total. The van der Waals surface area contributed by atoms with Crippen LogP contribution in [0, 0.1) is 11.3 Å². The van der Waals surface area contributed by atoms with Crippen molar-refractivity contribution in [2.75, 3.05) is 13.2 Å². The predicted molar refractivity (Wildman–Crippen MR) is 64.4 cm³/mol. The number of esters is 1. The maximum absolute atomic E-state index is 12.1. The van der Waals surface area contributed by atoms with E-state index in [0.29, 0.717) is 12.5 Å². The molecule has 90 valence electrons. The fraction of sp³-hybridized carbons (Fsp3) is 0.500. The maximum Gasteiger partial charge on any atom is 0.314 e. The van der Waals surface area contributed by atoms with Crippen LogP contribution in [-0.2, 0) is 9.53 Å². The van der Waals surface area contributed by atoms with Crippen molar-refractivity contribution in [1.82, 2.24) is 5.32 Å². The number of fused-ring (bicyclic) bond motifs is 1. The Labute approximate surface area is 101 Å². The monoisotopic (exact) mass is 231 g/mol. The van der Waals surface area contributed by atoms with E-state index in [4.69, 9.17) is 4.74 Å². The first-order valence-corrected chi connectivity index (χ1v) is 6.24. The standard InChI is InChI=1S/C14H17NO2/c1-2-17-13(16)14-8-11(14)9-15-12(14)10-6-4-3-5-7-10/h3-7,11-12,15H,2,8-9H2,1H3/t11-,12-,14+/m1/s1. The topological polar surface area (TPSA) is 38.3 Å². The number of benzene rings is 1. The molecule has 0 spiro atoms. The smallest absolute Gasteiger partial charge is 0.314 e. The van der Waals surface area contributed by atoms with Crippen molar-refractivity contribution < 1.29 is 9.53 Å². The van der Waals surface area contributed by atoms with Crippen LogP contribution in [0.3, 0.4) is 0 Å². The third-order valence-electron chi connectivity index (χ3n) is 4.02. The van der Waals surface area contributed by atoms with E-state index in [0.717, 1.165) is 13.0 Å². The van der Waals surface area contributed by atoms with Gasteiger partial charge in [-0.15, -0.1) is 0 Å². The molecule has 0 aromatic heterocycles. The molecule has 1 aromatic rings. The Balaban J connectivity index is 1.89. The number of carbonyl (C=O) groups is 1. The van der Waals surface area contributed by atoms with Crippen molar-refractivity contribution in [2.45, 2.75) is 19.4 Å². The Hall–Kier alpha value is -1.35. The van der Waals surface area contributed by atoms with Crippen LogP contribution in [0.15, 0.2) is 30.3 Å². The van der Waals surface area contributed by atoms with Gasteiger partial charge in [-0.25, -0.2) is 0 Å². The van der Waals surface area contributed by atoms with Crippen molar-refractivity contribution in [1.29, 1.82) is 0 Å². The van der Waals surface area contributed by atoms with Crippen LogP contribution in [0.1, 0.15) is 24.9 Å². The third-order valence-corrected chi connectivity index (χ3v) is 4.02. The minimum atomic E-state index is -0.280. The number of hydrogen-bond donors (Lipinski definition) is 1. The molecule has 1 N–H and O–H groups in total. The van der Waals surface area contributed by atoms with Gasteiger partial charge in [0.05, 0.1) is 12.0 Å². The largest absolute Gasteiger partial charge is 0.466 e. The molecule has 0 bridgehead atoms. The SMILES string of the molecule is CCOC(=O)[C@@]12C[C@@H]1CN[C@@H]2c1ccccc1. The van der Waals surface area contributed by atoms with Gasteiger partial charge in [0, 0.05) is 6.04 Å². The van der Waals surface area contributed by atoms with Gasteiger partial charge < -0.3 is 10.1 Å². The molecule has 0 amide bonds. The van der Waals surface area contributed by atoms with E-state index >= 15 is 0 Å². The number of hydrogen-bond acceptors (Lipinski definition) is 3. The first-order chi connectivity index (χ1) is 8.29. The molecular formula is C14H17NO2. The second kappa shape index (κ2) is 3.84. The van der Waals surface area contributed by atoms with Gasteiger partial charge in [-0.05, 0) is 31.4 Å². The number of nitrogens with one attached hydrogen (secondary N) is 1.